The van der Waals surface area contributed by atoms with Crippen LogP contribution in [0, 0.1) is 0 Å². The quantitative estimate of drug-likeness (QED) is 0.637. The number of fused-ring (bicyclic) bond motifs is 3. The molecule has 1 fully saturated rings. The van der Waals surface area contributed by atoms with E-state index in [1.165, 1.54) is 0 Å². The first kappa shape index (κ1) is 19.5. The molecule has 0 radical (unpaired) electrons. The Morgan fingerprint density at radius 3 is 2.84 bits per heavy atom. The van der Waals surface area contributed by atoms with Crippen molar-refractivity contribution in [3.05, 3.63) is 78.2 Å². The number of para-hydroxylation sites is 2. The first-order valence-electron chi connectivity index (χ1n) is 10.4. The summed E-state index contributed by atoms with van der Waals surface area (Å²) in [5.41, 5.74) is 2.64. The number of aromatic nitrogens is 2. The van der Waals surface area contributed by atoms with Crippen LogP contribution in [0.5, 0.6) is 11.6 Å². The molecule has 0 N–H and O–H groups in total. The number of likely N-dealkylation sites (tertiary alicyclic amines) is 1. The second-order valence-electron chi connectivity index (χ2n) is 7.85. The maximum absolute atomic E-state index is 13.8. The Bertz CT molecular complexity index is 1080. The van der Waals surface area contributed by atoms with E-state index in [0.29, 0.717) is 31.9 Å². The number of nitrogens with zero attached hydrogens (tertiary/aromatic N) is 4. The van der Waals surface area contributed by atoms with Crippen molar-refractivity contribution >= 4 is 11.6 Å². The predicted octanol–water partition coefficient (Wildman–Crippen LogP) is 3.05. The van der Waals surface area contributed by atoms with Crippen molar-refractivity contribution in [2.24, 2.45) is 0 Å². The molecule has 2 aliphatic heterocycles. The zero-order chi connectivity index (χ0) is 21.2. The molecule has 5 rings (SSSR count). The maximum atomic E-state index is 13.8. The van der Waals surface area contributed by atoms with Crippen LogP contribution in [0.15, 0.2) is 67.0 Å². The fraction of sp³-hybridized carbons (Fsp3) is 0.292. The van der Waals surface area contributed by atoms with E-state index in [1.807, 2.05) is 59.5 Å². The van der Waals surface area contributed by atoms with Gasteiger partial charge in [-0.05, 0) is 29.8 Å². The number of hydrogen-bond donors (Lipinski definition) is 0. The van der Waals surface area contributed by atoms with E-state index in [4.69, 9.17) is 9.47 Å². The van der Waals surface area contributed by atoms with Crippen LogP contribution in [0.1, 0.15) is 17.7 Å². The van der Waals surface area contributed by atoms with Gasteiger partial charge in [0.15, 0.2) is 0 Å². The zero-order valence-electron chi connectivity index (χ0n) is 17.3. The van der Waals surface area contributed by atoms with Gasteiger partial charge in [-0.2, -0.15) is 0 Å². The Morgan fingerprint density at radius 2 is 2.00 bits per heavy atom. The van der Waals surface area contributed by atoms with Gasteiger partial charge in [0.05, 0.1) is 31.1 Å². The lowest BCUT2D eigenvalue weighted by atomic mass is 10.1. The summed E-state index contributed by atoms with van der Waals surface area (Å²) >= 11 is 0. The molecule has 0 spiro atoms. The number of amides is 1. The van der Waals surface area contributed by atoms with Gasteiger partial charge in [-0.15, -0.1) is 0 Å². The minimum atomic E-state index is -0.275. The highest BCUT2D eigenvalue weighted by Crippen LogP contribution is 2.37. The fourth-order valence-electron chi connectivity index (χ4n) is 4.34. The number of benzene rings is 1. The average molecular weight is 416 g/mol. The van der Waals surface area contributed by atoms with E-state index in [9.17, 15) is 4.79 Å². The fourth-order valence-corrected chi connectivity index (χ4v) is 4.34. The number of carbonyl (C=O) groups is 1. The van der Waals surface area contributed by atoms with E-state index in [2.05, 4.69) is 14.9 Å². The van der Waals surface area contributed by atoms with Crippen molar-refractivity contribution in [1.82, 2.24) is 14.9 Å². The third kappa shape index (κ3) is 3.96. The molecule has 158 valence electrons. The summed E-state index contributed by atoms with van der Waals surface area (Å²) in [4.78, 5) is 26.5. The lowest BCUT2D eigenvalue weighted by Gasteiger charge is -2.31. The maximum Gasteiger partial charge on any atom is 0.244 e. The van der Waals surface area contributed by atoms with Crippen LogP contribution < -0.4 is 14.4 Å². The van der Waals surface area contributed by atoms with Gasteiger partial charge in [0, 0.05) is 38.0 Å². The molecule has 0 saturated carbocycles. The van der Waals surface area contributed by atoms with Gasteiger partial charge in [0.25, 0.3) is 0 Å². The summed E-state index contributed by atoms with van der Waals surface area (Å²) in [6, 6.07) is 17.1. The Balaban J connectivity index is 1.47. The number of ether oxygens (including phenoxy) is 2. The van der Waals surface area contributed by atoms with Gasteiger partial charge in [0.2, 0.25) is 11.8 Å². The van der Waals surface area contributed by atoms with Crippen LogP contribution in [-0.4, -0.2) is 46.6 Å². The Labute approximate surface area is 181 Å². The monoisotopic (exact) mass is 416 g/mol. The molecule has 0 unspecified atom stereocenters. The second-order valence-corrected chi connectivity index (χ2v) is 7.85. The Hall–Kier alpha value is -3.45. The molecule has 2 aliphatic rings. The largest absolute Gasteiger partial charge is 0.487 e. The molecule has 0 aliphatic carbocycles. The standard InChI is InChI=1S/C24H24N4O3/c1-30-23-10-4-7-18(26-23)15-27-16-19-12-21(27)24(29)28(14-17-6-5-11-25-13-17)20-8-2-3-9-22(20)31-19/h2-11,13,19,21H,12,14-16H2,1H3/t19-,21-/m0/s1. The van der Waals surface area contributed by atoms with E-state index in [0.717, 1.165) is 22.7 Å². The van der Waals surface area contributed by atoms with Crippen LogP contribution in [0.3, 0.4) is 0 Å². The van der Waals surface area contributed by atoms with Gasteiger partial charge in [-0.1, -0.05) is 24.3 Å². The molecule has 31 heavy (non-hydrogen) atoms. The summed E-state index contributed by atoms with van der Waals surface area (Å²) in [5, 5.41) is 0. The van der Waals surface area contributed by atoms with Crippen molar-refractivity contribution in [2.75, 3.05) is 18.6 Å². The first-order valence-corrected chi connectivity index (χ1v) is 10.4. The first-order chi connectivity index (χ1) is 15.2. The number of rotatable bonds is 5. The third-order valence-corrected chi connectivity index (χ3v) is 5.78. The highest BCUT2D eigenvalue weighted by Gasteiger charge is 2.43. The molecular formula is C24H24N4O3. The number of anilines is 1. The van der Waals surface area contributed by atoms with Crippen LogP contribution in [0.2, 0.25) is 0 Å². The van der Waals surface area contributed by atoms with Crippen LogP contribution in [0.4, 0.5) is 5.69 Å². The second kappa shape index (κ2) is 8.35. The summed E-state index contributed by atoms with van der Waals surface area (Å²) in [7, 11) is 1.61. The minimum Gasteiger partial charge on any atom is -0.487 e. The highest BCUT2D eigenvalue weighted by atomic mass is 16.5. The smallest absolute Gasteiger partial charge is 0.244 e. The SMILES string of the molecule is COc1cccc(CN2C[C@@H]3C[C@H]2C(=O)N(Cc2cccnc2)c2ccccc2O3)n1. The van der Waals surface area contributed by atoms with Gasteiger partial charge in [-0.25, -0.2) is 4.98 Å². The average Bonchev–Trinajstić information content (AvgIpc) is 3.21. The lowest BCUT2D eigenvalue weighted by molar-refractivity contribution is -0.123. The number of pyridine rings is 2. The molecule has 2 aromatic heterocycles. The topological polar surface area (TPSA) is 67.8 Å². The molecule has 2 bridgehead atoms. The highest BCUT2D eigenvalue weighted by molar-refractivity contribution is 5.99. The van der Waals surface area contributed by atoms with Crippen molar-refractivity contribution < 1.29 is 14.3 Å². The van der Waals surface area contributed by atoms with E-state index >= 15 is 0 Å². The molecule has 2 atom stereocenters. The summed E-state index contributed by atoms with van der Waals surface area (Å²) < 4.78 is 11.6. The third-order valence-electron chi connectivity index (χ3n) is 5.78. The van der Waals surface area contributed by atoms with Gasteiger partial charge >= 0.3 is 0 Å². The van der Waals surface area contributed by atoms with Crippen molar-refractivity contribution in [3.8, 4) is 11.6 Å². The van der Waals surface area contributed by atoms with Gasteiger partial charge in [0.1, 0.15) is 11.9 Å². The molecule has 1 aromatic carbocycles. The molecule has 4 heterocycles. The summed E-state index contributed by atoms with van der Waals surface area (Å²) in [6.07, 6.45) is 4.15. The molecule has 1 saturated heterocycles. The van der Waals surface area contributed by atoms with E-state index < -0.39 is 0 Å². The molecule has 7 nitrogen and oxygen atoms in total. The minimum absolute atomic E-state index is 0.0405. The number of carbonyl (C=O) groups excluding carboxylic acids is 1. The van der Waals surface area contributed by atoms with Crippen LogP contribution >= 0.6 is 0 Å². The molecule has 7 heteroatoms. The lowest BCUT2D eigenvalue weighted by Crippen LogP contribution is -2.45. The normalized spacial score (nSPS) is 20.5. The zero-order valence-corrected chi connectivity index (χ0v) is 17.3. The molecular weight excluding hydrogens is 392 g/mol. The Kier molecular flexibility index (Phi) is 5.26. The Morgan fingerprint density at radius 1 is 1.10 bits per heavy atom. The summed E-state index contributed by atoms with van der Waals surface area (Å²) in [5.74, 6) is 1.39. The van der Waals surface area contributed by atoms with Crippen LogP contribution in [-0.2, 0) is 17.9 Å². The van der Waals surface area contributed by atoms with E-state index in [1.54, 1.807) is 19.5 Å². The van der Waals surface area contributed by atoms with Gasteiger partial charge < -0.3 is 14.4 Å². The molecule has 1 amide bonds. The van der Waals surface area contributed by atoms with Crippen molar-refractivity contribution in [2.45, 2.75) is 31.7 Å². The number of methoxy groups -OCH3 is 1. The number of hydrogen-bond acceptors (Lipinski definition) is 6. The predicted molar refractivity (Wildman–Crippen MR) is 116 cm³/mol. The molecule has 3 aromatic rings. The van der Waals surface area contributed by atoms with Crippen molar-refractivity contribution in [3.63, 3.8) is 0 Å². The summed E-state index contributed by atoms with van der Waals surface area (Å²) in [6.45, 7) is 1.67. The van der Waals surface area contributed by atoms with E-state index in [-0.39, 0.29) is 18.1 Å². The van der Waals surface area contributed by atoms with Crippen molar-refractivity contribution in [1.29, 1.82) is 0 Å². The van der Waals surface area contributed by atoms with Gasteiger partial charge in [-0.3, -0.25) is 14.7 Å². The van der Waals surface area contributed by atoms with Crippen LogP contribution in [0.25, 0.3) is 0 Å².